The molecule has 0 amide bonds. The summed E-state index contributed by atoms with van der Waals surface area (Å²) in [6.07, 6.45) is 1.75. The van der Waals surface area contributed by atoms with Crippen LogP contribution in [0.25, 0.3) is 0 Å². The van der Waals surface area contributed by atoms with Crippen LogP contribution >= 0.6 is 15.9 Å². The maximum Gasteiger partial charge on any atom is 0.166 e. The molecule has 96 valence electrons. The first kappa shape index (κ1) is 12.6. The monoisotopic (exact) mass is 314 g/mol. The van der Waals surface area contributed by atoms with Crippen LogP contribution in [0.3, 0.4) is 0 Å². The van der Waals surface area contributed by atoms with Gasteiger partial charge in [0.1, 0.15) is 0 Å². The lowest BCUT2D eigenvalue weighted by molar-refractivity contribution is 0.0924. The molecule has 0 saturated heterocycles. The summed E-state index contributed by atoms with van der Waals surface area (Å²) in [4.78, 5) is 12.6. The van der Waals surface area contributed by atoms with Gasteiger partial charge in [-0.3, -0.25) is 4.79 Å². The third kappa shape index (κ3) is 2.37. The molecule has 2 heteroatoms. The van der Waals surface area contributed by atoms with Crippen molar-refractivity contribution >= 4 is 21.7 Å². The van der Waals surface area contributed by atoms with Gasteiger partial charge in [0.2, 0.25) is 0 Å². The molecule has 1 nitrogen and oxygen atoms in total. The summed E-state index contributed by atoms with van der Waals surface area (Å²) in [7, 11) is 0. The topological polar surface area (TPSA) is 17.1 Å². The number of halogens is 1. The number of carbonyl (C=O) groups excluding carboxylic acids is 1. The second-order valence-corrected chi connectivity index (χ2v) is 6.06. The Balaban J connectivity index is 1.85. The molecular formula is C17H15BrO. The Labute approximate surface area is 121 Å². The molecule has 0 saturated carbocycles. The molecule has 3 rings (SSSR count). The van der Waals surface area contributed by atoms with Gasteiger partial charge in [-0.1, -0.05) is 52.3 Å². The van der Waals surface area contributed by atoms with Gasteiger partial charge < -0.3 is 0 Å². The molecule has 19 heavy (non-hydrogen) atoms. The highest BCUT2D eigenvalue weighted by Crippen LogP contribution is 2.29. The largest absolute Gasteiger partial charge is 0.294 e. The molecule has 0 atom stereocenters. The van der Waals surface area contributed by atoms with E-state index in [2.05, 4.69) is 28.1 Å². The smallest absolute Gasteiger partial charge is 0.166 e. The summed E-state index contributed by atoms with van der Waals surface area (Å²) in [6.45, 7) is 2.03. The molecular weight excluding hydrogens is 300 g/mol. The van der Waals surface area contributed by atoms with Gasteiger partial charge in [-0.25, -0.2) is 0 Å². The van der Waals surface area contributed by atoms with E-state index in [-0.39, 0.29) is 11.7 Å². The van der Waals surface area contributed by atoms with Gasteiger partial charge >= 0.3 is 0 Å². The number of rotatable bonds is 2. The van der Waals surface area contributed by atoms with Crippen molar-refractivity contribution in [2.75, 3.05) is 0 Å². The second kappa shape index (κ2) is 4.93. The van der Waals surface area contributed by atoms with Gasteiger partial charge in [0, 0.05) is 16.0 Å². The first-order chi connectivity index (χ1) is 9.15. The van der Waals surface area contributed by atoms with Crippen molar-refractivity contribution in [2.24, 2.45) is 5.92 Å². The minimum atomic E-state index is 0.104. The van der Waals surface area contributed by atoms with E-state index in [1.807, 2.05) is 37.3 Å². The molecule has 0 aliphatic heterocycles. The molecule has 2 aromatic rings. The molecule has 0 spiro atoms. The van der Waals surface area contributed by atoms with Crippen molar-refractivity contribution in [1.29, 1.82) is 0 Å². The summed E-state index contributed by atoms with van der Waals surface area (Å²) in [5.74, 6) is 0.365. The number of hydrogen-bond acceptors (Lipinski definition) is 1. The van der Waals surface area contributed by atoms with Crippen molar-refractivity contribution in [3.8, 4) is 0 Å². The summed E-state index contributed by atoms with van der Waals surface area (Å²) >= 11 is 3.50. The number of carbonyl (C=O) groups is 1. The van der Waals surface area contributed by atoms with E-state index in [0.717, 1.165) is 28.4 Å². The molecule has 0 fully saturated rings. The third-order valence-electron chi connectivity index (χ3n) is 3.88. The number of hydrogen-bond donors (Lipinski definition) is 0. The van der Waals surface area contributed by atoms with E-state index in [9.17, 15) is 4.79 Å². The van der Waals surface area contributed by atoms with Crippen LogP contribution in [0, 0.1) is 12.8 Å². The Morgan fingerprint density at radius 2 is 1.74 bits per heavy atom. The van der Waals surface area contributed by atoms with Crippen LogP contribution in [-0.2, 0) is 12.8 Å². The lowest BCUT2D eigenvalue weighted by Gasteiger charge is -2.09. The van der Waals surface area contributed by atoms with Gasteiger partial charge in [0.05, 0.1) is 0 Å². The van der Waals surface area contributed by atoms with E-state index >= 15 is 0 Å². The Hall–Kier alpha value is -1.41. The van der Waals surface area contributed by atoms with Gasteiger partial charge in [0.15, 0.2) is 5.78 Å². The summed E-state index contributed by atoms with van der Waals surface area (Å²) in [6, 6.07) is 14.2. The van der Waals surface area contributed by atoms with Crippen molar-refractivity contribution in [3.63, 3.8) is 0 Å². The minimum Gasteiger partial charge on any atom is -0.294 e. The number of aryl methyl sites for hydroxylation is 1. The van der Waals surface area contributed by atoms with Crippen molar-refractivity contribution in [2.45, 2.75) is 19.8 Å². The zero-order chi connectivity index (χ0) is 13.4. The van der Waals surface area contributed by atoms with E-state index in [4.69, 9.17) is 0 Å². The third-order valence-corrected chi connectivity index (χ3v) is 4.73. The number of fused-ring (bicyclic) bond motifs is 1. The van der Waals surface area contributed by atoms with Crippen LogP contribution in [0.5, 0.6) is 0 Å². The van der Waals surface area contributed by atoms with Crippen molar-refractivity contribution in [3.05, 3.63) is 69.2 Å². The Morgan fingerprint density at radius 1 is 1.11 bits per heavy atom. The number of ketones is 1. The fraction of sp³-hybridized carbons (Fsp3) is 0.235. The van der Waals surface area contributed by atoms with Crippen LogP contribution in [0.1, 0.15) is 27.0 Å². The lowest BCUT2D eigenvalue weighted by atomic mass is 9.94. The lowest BCUT2D eigenvalue weighted by Crippen LogP contribution is -2.15. The summed E-state index contributed by atoms with van der Waals surface area (Å²) in [5, 5.41) is 0. The van der Waals surface area contributed by atoms with Crippen molar-refractivity contribution < 1.29 is 4.79 Å². The quantitative estimate of drug-likeness (QED) is 0.753. The first-order valence-electron chi connectivity index (χ1n) is 6.52. The Morgan fingerprint density at radius 3 is 2.32 bits per heavy atom. The zero-order valence-electron chi connectivity index (χ0n) is 10.8. The highest BCUT2D eigenvalue weighted by Gasteiger charge is 2.27. The molecule has 0 radical (unpaired) electrons. The van der Waals surface area contributed by atoms with Gasteiger partial charge in [0.25, 0.3) is 0 Å². The van der Waals surface area contributed by atoms with Gasteiger partial charge in [-0.05, 0) is 42.5 Å². The standard InChI is InChI=1S/C17H15BrO/c1-11-6-7-14(10-16(11)18)17(19)15-8-12-4-2-3-5-13(12)9-15/h2-7,10,15H,8-9H2,1H3. The average Bonchev–Trinajstić information content (AvgIpc) is 2.85. The van der Waals surface area contributed by atoms with E-state index in [0.29, 0.717) is 0 Å². The second-order valence-electron chi connectivity index (χ2n) is 5.20. The van der Waals surface area contributed by atoms with Crippen LogP contribution in [0.4, 0.5) is 0 Å². The highest BCUT2D eigenvalue weighted by molar-refractivity contribution is 9.10. The molecule has 0 bridgehead atoms. The molecule has 1 aliphatic carbocycles. The van der Waals surface area contributed by atoms with Gasteiger partial charge in [-0.2, -0.15) is 0 Å². The zero-order valence-corrected chi connectivity index (χ0v) is 12.4. The molecule has 0 N–H and O–H groups in total. The van der Waals surface area contributed by atoms with E-state index in [1.165, 1.54) is 11.1 Å². The normalized spacial score (nSPS) is 14.4. The SMILES string of the molecule is Cc1ccc(C(=O)C2Cc3ccccc3C2)cc1Br. The molecule has 0 aromatic heterocycles. The molecule has 0 heterocycles. The van der Waals surface area contributed by atoms with Crippen molar-refractivity contribution in [1.82, 2.24) is 0 Å². The number of benzene rings is 2. The average molecular weight is 315 g/mol. The maximum atomic E-state index is 12.6. The fourth-order valence-corrected chi connectivity index (χ4v) is 3.10. The van der Waals surface area contributed by atoms with Gasteiger partial charge in [-0.15, -0.1) is 0 Å². The Bertz CT molecular complexity index is 620. The maximum absolute atomic E-state index is 12.6. The predicted octanol–water partition coefficient (Wildman–Crippen LogP) is 4.36. The minimum absolute atomic E-state index is 0.104. The summed E-state index contributed by atoms with van der Waals surface area (Å²) in [5.41, 5.74) is 4.63. The fourth-order valence-electron chi connectivity index (χ4n) is 2.73. The molecule has 0 unspecified atom stereocenters. The van der Waals surface area contributed by atoms with Crippen LogP contribution in [0.2, 0.25) is 0 Å². The molecule has 1 aliphatic rings. The van der Waals surface area contributed by atoms with Crippen LogP contribution in [-0.4, -0.2) is 5.78 Å². The summed E-state index contributed by atoms with van der Waals surface area (Å²) < 4.78 is 1.01. The Kier molecular flexibility index (Phi) is 3.28. The van der Waals surface area contributed by atoms with Crippen LogP contribution < -0.4 is 0 Å². The first-order valence-corrected chi connectivity index (χ1v) is 7.31. The molecule has 2 aromatic carbocycles. The number of Topliss-reactive ketones (excluding diaryl/α,β-unsaturated/α-hetero) is 1. The predicted molar refractivity (Wildman–Crippen MR) is 80.5 cm³/mol. The van der Waals surface area contributed by atoms with Crippen LogP contribution in [0.15, 0.2) is 46.9 Å². The highest BCUT2D eigenvalue weighted by atomic mass is 79.9. The van der Waals surface area contributed by atoms with E-state index < -0.39 is 0 Å². The van der Waals surface area contributed by atoms with E-state index in [1.54, 1.807) is 0 Å².